The van der Waals surface area contributed by atoms with E-state index in [4.69, 9.17) is 0 Å². The van der Waals surface area contributed by atoms with E-state index in [1.807, 2.05) is 0 Å². The molecule has 188 valence electrons. The molecule has 0 saturated heterocycles. The van der Waals surface area contributed by atoms with Crippen LogP contribution in [0.1, 0.15) is 55.6 Å². The second-order valence-corrected chi connectivity index (χ2v) is 10.8. The molecule has 0 saturated carbocycles. The van der Waals surface area contributed by atoms with Gasteiger partial charge in [0, 0.05) is 0 Å². The van der Waals surface area contributed by atoms with E-state index in [2.05, 4.69) is 158 Å². The second kappa shape index (κ2) is 9.07. The Balaban J connectivity index is 1.58. The van der Waals surface area contributed by atoms with Crippen molar-refractivity contribution in [3.05, 3.63) is 213 Å². The summed E-state index contributed by atoms with van der Waals surface area (Å²) in [5.74, 6) is 0. The average molecular weight is 509 g/mol. The van der Waals surface area contributed by atoms with Crippen molar-refractivity contribution in [1.82, 2.24) is 0 Å². The second-order valence-electron chi connectivity index (χ2n) is 10.8. The quantitative estimate of drug-likeness (QED) is 0.218. The first-order valence-corrected chi connectivity index (χ1v) is 14.1. The van der Waals surface area contributed by atoms with Crippen LogP contribution in [-0.2, 0) is 11.8 Å². The van der Waals surface area contributed by atoms with Crippen molar-refractivity contribution in [2.45, 2.75) is 11.8 Å². The van der Waals surface area contributed by atoms with E-state index in [0.29, 0.717) is 0 Å². The Morgan fingerprint density at radius 3 is 1.15 bits per heavy atom. The zero-order chi connectivity index (χ0) is 26.5. The van der Waals surface area contributed by atoms with Crippen molar-refractivity contribution in [1.29, 1.82) is 0 Å². The third-order valence-corrected chi connectivity index (χ3v) is 8.82. The summed E-state index contributed by atoms with van der Waals surface area (Å²) < 4.78 is 0. The van der Waals surface area contributed by atoms with Crippen molar-refractivity contribution in [3.8, 4) is 0 Å². The van der Waals surface area contributed by atoms with Gasteiger partial charge < -0.3 is 0 Å². The molecule has 2 aliphatic rings. The molecule has 0 spiro atoms. The van der Waals surface area contributed by atoms with Gasteiger partial charge in [-0.2, -0.15) is 0 Å². The van der Waals surface area contributed by atoms with E-state index in [1.54, 1.807) is 0 Å². The van der Waals surface area contributed by atoms with Crippen molar-refractivity contribution in [2.75, 3.05) is 0 Å². The number of rotatable bonds is 2. The van der Waals surface area contributed by atoms with Crippen LogP contribution in [0.2, 0.25) is 0 Å². The van der Waals surface area contributed by atoms with E-state index >= 15 is 0 Å². The van der Waals surface area contributed by atoms with Crippen LogP contribution in [-0.4, -0.2) is 0 Å². The smallest absolute Gasteiger partial charge is 0.0622 e. The van der Waals surface area contributed by atoms with Gasteiger partial charge in [-0.3, -0.25) is 0 Å². The Kier molecular flexibility index (Phi) is 5.21. The molecule has 0 aromatic heterocycles. The molecule has 0 atom stereocenters. The molecule has 0 bridgehead atoms. The fraction of sp³-hybridized carbons (Fsp3) is 0.0500. The molecule has 0 fully saturated rings. The Morgan fingerprint density at radius 2 is 0.675 bits per heavy atom. The van der Waals surface area contributed by atoms with Gasteiger partial charge in [-0.1, -0.05) is 158 Å². The highest BCUT2D eigenvalue weighted by Gasteiger charge is 2.45. The highest BCUT2D eigenvalue weighted by Crippen LogP contribution is 2.56. The maximum Gasteiger partial charge on any atom is 0.0713 e. The lowest BCUT2D eigenvalue weighted by Gasteiger charge is -2.44. The summed E-state index contributed by atoms with van der Waals surface area (Å²) in [7, 11) is 0. The predicted octanol–water partition coefficient (Wildman–Crippen LogP) is 9.29. The minimum absolute atomic E-state index is 0.437. The largest absolute Gasteiger partial charge is 0.0713 e. The molecule has 40 heavy (non-hydrogen) atoms. The monoisotopic (exact) mass is 508 g/mol. The van der Waals surface area contributed by atoms with Crippen molar-refractivity contribution >= 4 is 11.1 Å². The van der Waals surface area contributed by atoms with Crippen LogP contribution in [0, 0.1) is 0 Å². The molecule has 0 nitrogen and oxygen atoms in total. The van der Waals surface area contributed by atoms with Gasteiger partial charge in [0.15, 0.2) is 0 Å². The molecule has 0 aliphatic heterocycles. The standard InChI is InChI=1S/C40H28/c1-3-17-30(18-4-1)40(31-19-5-2-6-20-31)36-25-13-11-23-34(36)39(35-24-12-14-26-37(35)40)38-32-21-9-7-15-28(32)27-29-16-8-10-22-33(29)38/h1-26H,27H2. The van der Waals surface area contributed by atoms with E-state index in [9.17, 15) is 0 Å². The molecule has 0 heterocycles. The van der Waals surface area contributed by atoms with E-state index in [1.165, 1.54) is 66.8 Å². The molecular weight excluding hydrogens is 480 g/mol. The van der Waals surface area contributed by atoms with Crippen LogP contribution < -0.4 is 0 Å². The Bertz CT molecular complexity index is 1770. The molecule has 6 aromatic rings. The van der Waals surface area contributed by atoms with Gasteiger partial charge in [-0.25, -0.2) is 0 Å². The van der Waals surface area contributed by atoms with Gasteiger partial charge in [-0.15, -0.1) is 0 Å². The van der Waals surface area contributed by atoms with Gasteiger partial charge in [0.2, 0.25) is 0 Å². The zero-order valence-electron chi connectivity index (χ0n) is 22.2. The number of fused-ring (bicyclic) bond motifs is 4. The topological polar surface area (TPSA) is 0 Å². The zero-order valence-corrected chi connectivity index (χ0v) is 22.2. The third-order valence-electron chi connectivity index (χ3n) is 8.82. The first-order chi connectivity index (χ1) is 19.9. The highest BCUT2D eigenvalue weighted by atomic mass is 14.5. The average Bonchev–Trinajstić information content (AvgIpc) is 3.04. The van der Waals surface area contributed by atoms with Gasteiger partial charge in [0.1, 0.15) is 0 Å². The maximum absolute atomic E-state index is 2.35. The maximum atomic E-state index is 2.35. The number of hydrogen-bond acceptors (Lipinski definition) is 0. The van der Waals surface area contributed by atoms with Crippen LogP contribution in [0.4, 0.5) is 0 Å². The predicted molar refractivity (Wildman–Crippen MR) is 165 cm³/mol. The molecule has 0 N–H and O–H groups in total. The first kappa shape index (κ1) is 23.0. The van der Waals surface area contributed by atoms with E-state index in [-0.39, 0.29) is 0 Å². The molecule has 0 amide bonds. The van der Waals surface area contributed by atoms with Gasteiger partial charge >= 0.3 is 0 Å². The van der Waals surface area contributed by atoms with Crippen LogP contribution in [0.25, 0.3) is 11.1 Å². The van der Waals surface area contributed by atoms with Gasteiger partial charge in [-0.05, 0) is 73.2 Å². The Hall–Kier alpha value is -4.94. The van der Waals surface area contributed by atoms with Crippen LogP contribution in [0.15, 0.2) is 158 Å². The summed E-state index contributed by atoms with van der Waals surface area (Å²) in [5.41, 5.74) is 15.5. The summed E-state index contributed by atoms with van der Waals surface area (Å²) in [6.45, 7) is 0. The molecule has 0 heteroatoms. The molecular formula is C40H28. The fourth-order valence-corrected chi connectivity index (χ4v) is 7.24. The van der Waals surface area contributed by atoms with Crippen LogP contribution >= 0.6 is 0 Å². The van der Waals surface area contributed by atoms with Crippen molar-refractivity contribution in [3.63, 3.8) is 0 Å². The minimum atomic E-state index is -0.437. The molecule has 8 rings (SSSR count). The molecule has 0 radical (unpaired) electrons. The lowest BCUT2D eigenvalue weighted by atomic mass is 9.58. The third kappa shape index (κ3) is 3.20. The lowest BCUT2D eigenvalue weighted by Crippen LogP contribution is -2.36. The minimum Gasteiger partial charge on any atom is -0.0622 e. The first-order valence-electron chi connectivity index (χ1n) is 14.1. The summed E-state index contributed by atoms with van der Waals surface area (Å²) in [5, 5.41) is 0. The number of hydrogen-bond donors (Lipinski definition) is 0. The van der Waals surface area contributed by atoms with Gasteiger partial charge in [0.25, 0.3) is 0 Å². The summed E-state index contributed by atoms with van der Waals surface area (Å²) >= 11 is 0. The molecule has 6 aromatic carbocycles. The van der Waals surface area contributed by atoms with Crippen LogP contribution in [0.3, 0.4) is 0 Å². The highest BCUT2D eigenvalue weighted by molar-refractivity contribution is 6.09. The summed E-state index contributed by atoms with van der Waals surface area (Å²) in [6.07, 6.45) is 0.963. The Labute approximate surface area is 235 Å². The summed E-state index contributed by atoms with van der Waals surface area (Å²) in [6, 6.07) is 58.3. The van der Waals surface area contributed by atoms with E-state index < -0.39 is 5.41 Å². The van der Waals surface area contributed by atoms with E-state index in [0.717, 1.165) is 6.42 Å². The summed E-state index contributed by atoms with van der Waals surface area (Å²) in [4.78, 5) is 0. The number of benzene rings is 6. The van der Waals surface area contributed by atoms with Crippen molar-refractivity contribution < 1.29 is 0 Å². The Morgan fingerprint density at radius 1 is 0.325 bits per heavy atom. The van der Waals surface area contributed by atoms with Gasteiger partial charge in [0.05, 0.1) is 5.41 Å². The molecule has 2 aliphatic carbocycles. The molecule has 0 unspecified atom stereocenters. The van der Waals surface area contributed by atoms with Crippen LogP contribution in [0.5, 0.6) is 0 Å². The normalized spacial score (nSPS) is 14.5. The fourth-order valence-electron chi connectivity index (χ4n) is 7.24. The lowest BCUT2D eigenvalue weighted by molar-refractivity contribution is 0.731. The van der Waals surface area contributed by atoms with Crippen molar-refractivity contribution in [2.24, 2.45) is 0 Å². The SMILES string of the molecule is c1ccc(C2(c3ccccc3)c3ccccc3C(=C3c4ccccc4Cc4ccccc43)c3ccccc32)cc1.